The van der Waals surface area contributed by atoms with Crippen LogP contribution in [0.15, 0.2) is 58.5 Å². The molecule has 0 amide bonds. The molecule has 0 bridgehead atoms. The summed E-state index contributed by atoms with van der Waals surface area (Å²) in [4.78, 5) is 10.5. The molecule has 1 aromatic carbocycles. The molecule has 3 aromatic rings. The molecule has 1 N–H and O–H groups in total. The average Bonchev–Trinajstić information content (AvgIpc) is 3.24. The molecule has 1 fully saturated rings. The summed E-state index contributed by atoms with van der Waals surface area (Å²) in [6.07, 6.45) is 3.46. The lowest BCUT2D eigenvalue weighted by Crippen LogP contribution is -2.37. The van der Waals surface area contributed by atoms with Crippen molar-refractivity contribution in [3.05, 3.63) is 64.6 Å². The summed E-state index contributed by atoms with van der Waals surface area (Å²) in [5, 5.41) is 1.59. The van der Waals surface area contributed by atoms with E-state index in [-0.39, 0.29) is 11.1 Å². The highest BCUT2D eigenvalue weighted by Crippen LogP contribution is 2.25. The van der Waals surface area contributed by atoms with Crippen molar-refractivity contribution in [2.45, 2.75) is 37.4 Å². The number of sulfonamides is 1. The number of nitrogens with one attached hydrogen (secondary N) is 1. The summed E-state index contributed by atoms with van der Waals surface area (Å²) in [6, 6.07) is 12.0. The van der Waals surface area contributed by atoms with Crippen LogP contribution in [0.3, 0.4) is 0 Å². The Morgan fingerprint density at radius 3 is 2.63 bits per heavy atom. The van der Waals surface area contributed by atoms with Crippen LogP contribution in [0, 0.1) is 6.92 Å². The molecule has 30 heavy (non-hydrogen) atoms. The van der Waals surface area contributed by atoms with Gasteiger partial charge in [-0.3, -0.25) is 9.62 Å². The van der Waals surface area contributed by atoms with Crippen LogP contribution in [0.2, 0.25) is 0 Å². The van der Waals surface area contributed by atoms with Gasteiger partial charge in [-0.15, -0.1) is 11.3 Å². The fourth-order valence-electron chi connectivity index (χ4n) is 3.45. The van der Waals surface area contributed by atoms with Crippen molar-refractivity contribution >= 4 is 27.2 Å². The van der Waals surface area contributed by atoms with E-state index in [1.807, 2.05) is 13.0 Å². The number of rotatable bonds is 7. The first-order valence-electron chi connectivity index (χ1n) is 9.80. The van der Waals surface area contributed by atoms with Crippen LogP contribution in [-0.2, 0) is 16.6 Å². The summed E-state index contributed by atoms with van der Waals surface area (Å²) < 4.78 is 33.5. The van der Waals surface area contributed by atoms with E-state index in [9.17, 15) is 8.42 Å². The number of piperidine rings is 1. The Labute approximate surface area is 180 Å². The van der Waals surface area contributed by atoms with Crippen molar-refractivity contribution in [2.24, 2.45) is 0 Å². The minimum atomic E-state index is -3.77. The van der Waals surface area contributed by atoms with Crippen molar-refractivity contribution < 1.29 is 13.2 Å². The number of aromatic nitrogens is 2. The maximum Gasteiger partial charge on any atom is 0.280 e. The van der Waals surface area contributed by atoms with E-state index < -0.39 is 10.0 Å². The normalized spacial score (nSPS) is 15.8. The summed E-state index contributed by atoms with van der Waals surface area (Å²) in [5.41, 5.74) is 3.63. The highest BCUT2D eigenvalue weighted by molar-refractivity contribution is 7.92. The number of pyridine rings is 1. The fourth-order valence-corrected chi connectivity index (χ4v) is 5.02. The van der Waals surface area contributed by atoms with E-state index in [0.717, 1.165) is 38.0 Å². The standard InChI is InChI=1S/C21H24N4O3S2/c1-16-11-21(30(26,27)24-20-14-29-15-23-20)22-12-19(16)28-18-7-9-25(10-8-18)13-17-5-3-2-4-6-17/h2-6,11-12,14-15,18,24H,7-10,13H2,1H3. The molecule has 7 nitrogen and oxygen atoms in total. The molecule has 3 heterocycles. The average molecular weight is 445 g/mol. The van der Waals surface area contributed by atoms with Gasteiger partial charge in [0.15, 0.2) is 10.8 Å². The Morgan fingerprint density at radius 2 is 1.97 bits per heavy atom. The van der Waals surface area contributed by atoms with Crippen LogP contribution in [0.4, 0.5) is 5.82 Å². The molecule has 158 valence electrons. The minimum absolute atomic E-state index is 0.0435. The van der Waals surface area contributed by atoms with Crippen molar-refractivity contribution in [3.63, 3.8) is 0 Å². The third-order valence-electron chi connectivity index (χ3n) is 5.06. The number of likely N-dealkylation sites (tertiary alicyclic amines) is 1. The topological polar surface area (TPSA) is 84.4 Å². The molecule has 1 saturated heterocycles. The Hall–Kier alpha value is -2.49. The number of anilines is 1. The van der Waals surface area contributed by atoms with Gasteiger partial charge in [0.05, 0.1) is 11.7 Å². The Morgan fingerprint density at radius 1 is 1.20 bits per heavy atom. The SMILES string of the molecule is Cc1cc(S(=O)(=O)Nc2cscn2)ncc1OC1CCN(Cc2ccccc2)CC1. The molecule has 1 aliphatic heterocycles. The van der Waals surface area contributed by atoms with E-state index in [4.69, 9.17) is 4.74 Å². The molecule has 0 atom stereocenters. The number of hydrogen-bond donors (Lipinski definition) is 1. The third kappa shape index (κ3) is 5.16. The van der Waals surface area contributed by atoms with Gasteiger partial charge in [0.25, 0.3) is 10.0 Å². The minimum Gasteiger partial charge on any atom is -0.488 e. The molecule has 0 saturated carbocycles. The Bertz CT molecular complexity index is 1060. The first-order chi connectivity index (χ1) is 14.5. The van der Waals surface area contributed by atoms with Crippen LogP contribution in [0.25, 0.3) is 0 Å². The van der Waals surface area contributed by atoms with Gasteiger partial charge in [-0.25, -0.2) is 9.97 Å². The number of aryl methyl sites for hydroxylation is 1. The van der Waals surface area contributed by atoms with Gasteiger partial charge < -0.3 is 4.74 Å². The summed E-state index contributed by atoms with van der Waals surface area (Å²) in [7, 11) is -3.77. The lowest BCUT2D eigenvalue weighted by molar-refractivity contribution is 0.0958. The number of thiazole rings is 1. The fraction of sp³-hybridized carbons (Fsp3) is 0.333. The van der Waals surface area contributed by atoms with Gasteiger partial charge in [0.1, 0.15) is 11.9 Å². The summed E-state index contributed by atoms with van der Waals surface area (Å²) >= 11 is 1.32. The molecule has 4 rings (SSSR count). The van der Waals surface area contributed by atoms with Crippen molar-refractivity contribution in [1.29, 1.82) is 0 Å². The molecule has 9 heteroatoms. The maximum atomic E-state index is 12.5. The molecular weight excluding hydrogens is 420 g/mol. The maximum absolute atomic E-state index is 12.5. The molecule has 0 unspecified atom stereocenters. The largest absolute Gasteiger partial charge is 0.488 e. The molecule has 2 aromatic heterocycles. The number of hydrogen-bond acceptors (Lipinski definition) is 7. The predicted octanol–water partition coefficient (Wildman–Crippen LogP) is 3.69. The number of benzene rings is 1. The highest BCUT2D eigenvalue weighted by Gasteiger charge is 2.23. The van der Waals surface area contributed by atoms with Crippen LogP contribution >= 0.6 is 11.3 Å². The van der Waals surface area contributed by atoms with E-state index >= 15 is 0 Å². The van der Waals surface area contributed by atoms with Gasteiger partial charge in [0, 0.05) is 25.0 Å². The highest BCUT2D eigenvalue weighted by atomic mass is 32.2. The number of nitrogens with zero attached hydrogens (tertiary/aromatic N) is 3. The number of ether oxygens (including phenoxy) is 1. The smallest absolute Gasteiger partial charge is 0.280 e. The van der Waals surface area contributed by atoms with Crippen LogP contribution in [0.5, 0.6) is 5.75 Å². The van der Waals surface area contributed by atoms with Crippen LogP contribution in [-0.4, -0.2) is 42.5 Å². The Kier molecular flexibility index (Phi) is 6.31. The third-order valence-corrected chi connectivity index (χ3v) is 6.90. The lowest BCUT2D eigenvalue weighted by Gasteiger charge is -2.32. The summed E-state index contributed by atoms with van der Waals surface area (Å²) in [6.45, 7) is 4.72. The molecule has 0 spiro atoms. The summed E-state index contributed by atoms with van der Waals surface area (Å²) in [5.74, 6) is 0.922. The second kappa shape index (κ2) is 9.11. The second-order valence-corrected chi connectivity index (χ2v) is 9.69. The molecule has 0 radical (unpaired) electrons. The first-order valence-corrected chi connectivity index (χ1v) is 12.2. The second-order valence-electron chi connectivity index (χ2n) is 7.35. The van der Waals surface area contributed by atoms with Crippen LogP contribution in [0.1, 0.15) is 24.0 Å². The van der Waals surface area contributed by atoms with E-state index in [1.165, 1.54) is 29.2 Å². The monoisotopic (exact) mass is 444 g/mol. The Balaban J connectivity index is 1.34. The van der Waals surface area contributed by atoms with Crippen LogP contribution < -0.4 is 9.46 Å². The quantitative estimate of drug-likeness (QED) is 0.598. The lowest BCUT2D eigenvalue weighted by atomic mass is 10.1. The van der Waals surface area contributed by atoms with Gasteiger partial charge in [-0.1, -0.05) is 30.3 Å². The zero-order valence-corrected chi connectivity index (χ0v) is 18.3. The van der Waals surface area contributed by atoms with E-state index in [2.05, 4.69) is 43.9 Å². The van der Waals surface area contributed by atoms with Crippen molar-refractivity contribution in [3.8, 4) is 5.75 Å². The van der Waals surface area contributed by atoms with Crippen molar-refractivity contribution in [1.82, 2.24) is 14.9 Å². The van der Waals surface area contributed by atoms with Gasteiger partial charge >= 0.3 is 0 Å². The zero-order chi connectivity index (χ0) is 21.0. The van der Waals surface area contributed by atoms with Crippen molar-refractivity contribution in [2.75, 3.05) is 17.8 Å². The van der Waals surface area contributed by atoms with E-state index in [0.29, 0.717) is 11.6 Å². The first kappa shape index (κ1) is 20.8. The molecular formula is C21H24N4O3S2. The zero-order valence-electron chi connectivity index (χ0n) is 16.7. The molecule has 0 aliphatic carbocycles. The van der Waals surface area contributed by atoms with Gasteiger partial charge in [-0.2, -0.15) is 8.42 Å². The van der Waals surface area contributed by atoms with Gasteiger partial charge in [-0.05, 0) is 37.0 Å². The predicted molar refractivity (Wildman–Crippen MR) is 117 cm³/mol. The molecule has 1 aliphatic rings. The van der Waals surface area contributed by atoms with Gasteiger partial charge in [0.2, 0.25) is 0 Å². The van der Waals surface area contributed by atoms with E-state index in [1.54, 1.807) is 10.9 Å².